The van der Waals surface area contributed by atoms with Crippen molar-refractivity contribution in [3.8, 4) is 0 Å². The smallest absolute Gasteiger partial charge is 0.249 e. The van der Waals surface area contributed by atoms with Gasteiger partial charge in [-0.3, -0.25) is 9.63 Å². The molecule has 2 rings (SSSR count). The Hall–Kier alpha value is -1.35. The summed E-state index contributed by atoms with van der Waals surface area (Å²) in [5.74, 6) is 1.10. The Morgan fingerprint density at radius 3 is 2.44 bits per heavy atom. The predicted molar refractivity (Wildman–Crippen MR) is 71.2 cm³/mol. The predicted octanol–water partition coefficient (Wildman–Crippen LogP) is 2.93. The molecule has 0 aromatic heterocycles. The summed E-state index contributed by atoms with van der Waals surface area (Å²) >= 11 is 0. The lowest BCUT2D eigenvalue weighted by Crippen LogP contribution is -2.27. The second-order valence-corrected chi connectivity index (χ2v) is 5.29. The van der Waals surface area contributed by atoms with Crippen molar-refractivity contribution in [1.82, 2.24) is 5.06 Å². The van der Waals surface area contributed by atoms with E-state index in [0.29, 0.717) is 11.8 Å². The minimum absolute atomic E-state index is 0.0791. The van der Waals surface area contributed by atoms with E-state index >= 15 is 0 Å². The van der Waals surface area contributed by atoms with E-state index in [1.54, 1.807) is 7.05 Å². The average Bonchev–Trinajstić information content (AvgIpc) is 3.17. The van der Waals surface area contributed by atoms with Crippen LogP contribution in [0.5, 0.6) is 0 Å². The van der Waals surface area contributed by atoms with Gasteiger partial charge in [-0.2, -0.15) is 0 Å². The van der Waals surface area contributed by atoms with Crippen LogP contribution in [0.3, 0.4) is 0 Å². The van der Waals surface area contributed by atoms with E-state index in [-0.39, 0.29) is 11.8 Å². The first-order valence-electron chi connectivity index (χ1n) is 6.46. The lowest BCUT2D eigenvalue weighted by molar-refractivity contribution is -0.170. The van der Waals surface area contributed by atoms with Crippen LogP contribution in [-0.2, 0) is 9.63 Å². The second kappa shape index (κ2) is 5.11. The summed E-state index contributed by atoms with van der Waals surface area (Å²) in [6.45, 7) is 4.37. The molecule has 0 aliphatic heterocycles. The molecule has 3 nitrogen and oxygen atoms in total. The molecule has 1 fully saturated rings. The molecule has 1 aliphatic rings. The van der Waals surface area contributed by atoms with Gasteiger partial charge in [-0.1, -0.05) is 38.1 Å². The molecule has 1 saturated carbocycles. The molecular weight excluding hydrogens is 226 g/mol. The van der Waals surface area contributed by atoms with Crippen LogP contribution in [-0.4, -0.2) is 25.1 Å². The maximum absolute atomic E-state index is 11.9. The van der Waals surface area contributed by atoms with Crippen LogP contribution in [0.2, 0.25) is 0 Å². The van der Waals surface area contributed by atoms with Gasteiger partial charge in [0.2, 0.25) is 5.91 Å². The monoisotopic (exact) mass is 247 g/mol. The quantitative estimate of drug-likeness (QED) is 0.766. The maximum atomic E-state index is 11.9. The molecule has 0 spiro atoms. The van der Waals surface area contributed by atoms with Crippen molar-refractivity contribution in [3.05, 3.63) is 35.4 Å². The third kappa shape index (κ3) is 2.56. The van der Waals surface area contributed by atoms with E-state index in [0.717, 1.165) is 6.42 Å². The van der Waals surface area contributed by atoms with Crippen LogP contribution in [0.4, 0.5) is 0 Å². The lowest BCUT2D eigenvalue weighted by atomic mass is 10.00. The number of benzene rings is 1. The molecule has 2 unspecified atom stereocenters. The van der Waals surface area contributed by atoms with Gasteiger partial charge in [-0.05, 0) is 29.4 Å². The van der Waals surface area contributed by atoms with E-state index < -0.39 is 0 Å². The molecule has 0 N–H and O–H groups in total. The van der Waals surface area contributed by atoms with Crippen molar-refractivity contribution in [3.63, 3.8) is 0 Å². The summed E-state index contributed by atoms with van der Waals surface area (Å²) in [5, 5.41) is 1.33. The Labute approximate surface area is 109 Å². The average molecular weight is 247 g/mol. The number of nitrogens with zero attached hydrogens (tertiary/aromatic N) is 1. The van der Waals surface area contributed by atoms with Crippen molar-refractivity contribution in [2.75, 3.05) is 14.2 Å². The highest BCUT2D eigenvalue weighted by Crippen LogP contribution is 2.48. The first-order valence-corrected chi connectivity index (χ1v) is 6.46. The van der Waals surface area contributed by atoms with Crippen molar-refractivity contribution < 1.29 is 9.63 Å². The van der Waals surface area contributed by atoms with E-state index in [1.165, 1.54) is 23.3 Å². The number of rotatable bonds is 4. The standard InChI is InChI=1S/C15H21NO2/c1-10(2)11-5-7-12(8-6-11)13-9-14(13)15(17)16(3)18-4/h5-8,10,13-14H,9H2,1-4H3. The maximum Gasteiger partial charge on any atom is 0.249 e. The minimum atomic E-state index is 0.0791. The van der Waals surface area contributed by atoms with Crippen LogP contribution >= 0.6 is 0 Å². The van der Waals surface area contributed by atoms with Crippen LogP contribution in [0.15, 0.2) is 24.3 Å². The van der Waals surface area contributed by atoms with Gasteiger partial charge < -0.3 is 0 Å². The molecule has 1 aliphatic carbocycles. The topological polar surface area (TPSA) is 29.5 Å². The highest BCUT2D eigenvalue weighted by atomic mass is 16.7. The molecule has 1 aromatic carbocycles. The molecule has 0 radical (unpaired) electrons. The molecule has 98 valence electrons. The molecule has 2 atom stereocenters. The van der Waals surface area contributed by atoms with Crippen molar-refractivity contribution in [2.24, 2.45) is 5.92 Å². The van der Waals surface area contributed by atoms with E-state index in [1.807, 2.05) is 0 Å². The summed E-state index contributed by atoms with van der Waals surface area (Å²) in [7, 11) is 3.19. The summed E-state index contributed by atoms with van der Waals surface area (Å²) in [4.78, 5) is 16.8. The zero-order chi connectivity index (χ0) is 13.3. The van der Waals surface area contributed by atoms with Gasteiger partial charge in [0.25, 0.3) is 0 Å². The molecule has 3 heteroatoms. The number of hydrogen-bond acceptors (Lipinski definition) is 2. The number of hydrogen-bond donors (Lipinski definition) is 0. The van der Waals surface area contributed by atoms with Crippen LogP contribution < -0.4 is 0 Å². The van der Waals surface area contributed by atoms with Crippen LogP contribution in [0, 0.1) is 5.92 Å². The summed E-state index contributed by atoms with van der Waals surface area (Å²) in [6.07, 6.45) is 0.938. The summed E-state index contributed by atoms with van der Waals surface area (Å²) in [5.41, 5.74) is 2.61. The molecule has 0 heterocycles. The molecule has 0 saturated heterocycles. The fourth-order valence-corrected chi connectivity index (χ4v) is 2.29. The lowest BCUT2D eigenvalue weighted by Gasteiger charge is -2.13. The molecule has 0 bridgehead atoms. The highest BCUT2D eigenvalue weighted by Gasteiger charge is 2.45. The van der Waals surface area contributed by atoms with Crippen LogP contribution in [0.1, 0.15) is 43.2 Å². The van der Waals surface area contributed by atoms with Gasteiger partial charge in [0.15, 0.2) is 0 Å². The first-order chi connectivity index (χ1) is 8.54. The minimum Gasteiger partial charge on any atom is -0.275 e. The Kier molecular flexibility index (Phi) is 3.71. The second-order valence-electron chi connectivity index (χ2n) is 5.29. The van der Waals surface area contributed by atoms with E-state index in [9.17, 15) is 4.79 Å². The molecule has 18 heavy (non-hydrogen) atoms. The highest BCUT2D eigenvalue weighted by molar-refractivity contribution is 5.81. The fraction of sp³-hybridized carbons (Fsp3) is 0.533. The fourth-order valence-electron chi connectivity index (χ4n) is 2.29. The summed E-state index contributed by atoms with van der Waals surface area (Å²) < 4.78 is 0. The zero-order valence-electron chi connectivity index (χ0n) is 11.5. The van der Waals surface area contributed by atoms with Gasteiger partial charge in [0.1, 0.15) is 0 Å². The third-order valence-corrected chi connectivity index (χ3v) is 3.72. The molecular formula is C15H21NO2. The van der Waals surface area contributed by atoms with Gasteiger partial charge >= 0.3 is 0 Å². The van der Waals surface area contributed by atoms with Crippen molar-refractivity contribution >= 4 is 5.91 Å². The van der Waals surface area contributed by atoms with Crippen molar-refractivity contribution in [1.29, 1.82) is 0 Å². The Morgan fingerprint density at radius 2 is 1.94 bits per heavy atom. The summed E-state index contributed by atoms with van der Waals surface area (Å²) in [6, 6.07) is 8.64. The number of amides is 1. The molecule has 1 aromatic rings. The SMILES string of the molecule is CON(C)C(=O)C1CC1c1ccc(C(C)C)cc1. The van der Waals surface area contributed by atoms with E-state index in [4.69, 9.17) is 4.84 Å². The first kappa shape index (κ1) is 13.1. The number of carbonyl (C=O) groups excluding carboxylic acids is 1. The van der Waals surface area contributed by atoms with E-state index in [2.05, 4.69) is 38.1 Å². The third-order valence-electron chi connectivity index (χ3n) is 3.72. The number of carbonyl (C=O) groups is 1. The van der Waals surface area contributed by atoms with Gasteiger partial charge in [-0.15, -0.1) is 0 Å². The Bertz CT molecular complexity index is 425. The van der Waals surface area contributed by atoms with Crippen molar-refractivity contribution in [2.45, 2.75) is 32.1 Å². The van der Waals surface area contributed by atoms with Gasteiger partial charge in [0, 0.05) is 13.0 Å². The van der Waals surface area contributed by atoms with Crippen LogP contribution in [0.25, 0.3) is 0 Å². The Morgan fingerprint density at radius 1 is 1.33 bits per heavy atom. The van der Waals surface area contributed by atoms with Gasteiger partial charge in [-0.25, -0.2) is 5.06 Å². The largest absolute Gasteiger partial charge is 0.275 e. The normalized spacial score (nSPS) is 22.1. The zero-order valence-corrected chi connectivity index (χ0v) is 11.5. The number of hydroxylamine groups is 2. The molecule has 1 amide bonds. The Balaban J connectivity index is 2.01. The van der Waals surface area contributed by atoms with Gasteiger partial charge in [0.05, 0.1) is 7.11 Å².